The molecule has 0 aliphatic carbocycles. The van der Waals surface area contributed by atoms with Crippen LogP contribution in [0.1, 0.15) is 27.6 Å². The van der Waals surface area contributed by atoms with Gasteiger partial charge in [-0.25, -0.2) is 0 Å². The number of rotatable bonds is 0. The number of carbonyl (C=O) groups excluding carboxylic acids is 2. The lowest BCUT2D eigenvalue weighted by Gasteiger charge is -2.18. The van der Waals surface area contributed by atoms with E-state index in [-0.39, 0.29) is 17.9 Å². The van der Waals surface area contributed by atoms with Gasteiger partial charge in [-0.15, -0.1) is 0 Å². The molecule has 6 heteroatoms. The van der Waals surface area contributed by atoms with Crippen molar-refractivity contribution in [2.75, 3.05) is 6.54 Å². The Morgan fingerprint density at radius 2 is 1.39 bits per heavy atom. The molecule has 0 radical (unpaired) electrons. The summed E-state index contributed by atoms with van der Waals surface area (Å²) < 4.78 is 0. The van der Waals surface area contributed by atoms with Gasteiger partial charge in [0.1, 0.15) is 0 Å². The van der Waals surface area contributed by atoms with Crippen LogP contribution in [0.15, 0.2) is 58.3 Å². The maximum atomic E-state index is 12.4. The van der Waals surface area contributed by atoms with Crippen LogP contribution in [0, 0.1) is 0 Å². The monoisotopic (exact) mass is 344 g/mol. The predicted octanol–water partition coefficient (Wildman–Crippen LogP) is 3.35. The van der Waals surface area contributed by atoms with E-state index in [1.54, 1.807) is 0 Å². The molecule has 4 nitrogen and oxygen atoms in total. The molecule has 1 aliphatic heterocycles. The van der Waals surface area contributed by atoms with Gasteiger partial charge in [0.05, 0.1) is 11.1 Å². The van der Waals surface area contributed by atoms with Crippen LogP contribution in [0.25, 0.3) is 0 Å². The number of nitrogens with one attached hydrogen (secondary N) is 2. The standard InChI is InChI=1S/C17H16N2O2S2/c1-11-10-18-16(20)12-6-2-4-8-14(12)22-23-15-9-5-3-7-13(15)17(21)19-11/h2-9,11H,10H2,1H3,(H,18,20)(H,19,21). The minimum atomic E-state index is -0.149. The molecule has 118 valence electrons. The van der Waals surface area contributed by atoms with Crippen molar-refractivity contribution >= 4 is 33.4 Å². The van der Waals surface area contributed by atoms with Gasteiger partial charge in [-0.2, -0.15) is 0 Å². The number of hydrogen-bond acceptors (Lipinski definition) is 4. The Morgan fingerprint density at radius 1 is 0.870 bits per heavy atom. The highest BCUT2D eigenvalue weighted by Crippen LogP contribution is 2.40. The lowest BCUT2D eigenvalue weighted by Crippen LogP contribution is -2.42. The fourth-order valence-electron chi connectivity index (χ4n) is 2.24. The maximum absolute atomic E-state index is 12.4. The Hall–Kier alpha value is -1.92. The van der Waals surface area contributed by atoms with Crippen molar-refractivity contribution in [1.29, 1.82) is 0 Å². The highest BCUT2D eigenvalue weighted by atomic mass is 33.1. The van der Waals surface area contributed by atoms with Gasteiger partial charge >= 0.3 is 0 Å². The molecule has 0 saturated heterocycles. The molecule has 0 bridgehead atoms. The lowest BCUT2D eigenvalue weighted by atomic mass is 10.2. The summed E-state index contributed by atoms with van der Waals surface area (Å²) >= 11 is 0. The Labute approximate surface area is 142 Å². The first-order chi connectivity index (χ1) is 11.1. The van der Waals surface area contributed by atoms with E-state index in [0.29, 0.717) is 17.7 Å². The van der Waals surface area contributed by atoms with Crippen LogP contribution >= 0.6 is 21.6 Å². The second-order valence-electron chi connectivity index (χ2n) is 5.24. The number of benzene rings is 2. The molecule has 1 atom stereocenters. The van der Waals surface area contributed by atoms with Crippen molar-refractivity contribution < 1.29 is 9.59 Å². The maximum Gasteiger partial charge on any atom is 0.252 e. The predicted molar refractivity (Wildman–Crippen MR) is 93.9 cm³/mol. The summed E-state index contributed by atoms with van der Waals surface area (Å²) in [4.78, 5) is 26.5. The molecule has 3 rings (SSSR count). The molecular formula is C17H16N2O2S2. The molecule has 2 N–H and O–H groups in total. The van der Waals surface area contributed by atoms with Crippen LogP contribution in [0.5, 0.6) is 0 Å². The van der Waals surface area contributed by atoms with E-state index in [2.05, 4.69) is 10.6 Å². The van der Waals surface area contributed by atoms with Crippen molar-refractivity contribution in [3.05, 3.63) is 59.7 Å². The highest BCUT2D eigenvalue weighted by molar-refractivity contribution is 8.76. The molecule has 23 heavy (non-hydrogen) atoms. The second-order valence-corrected chi connectivity index (χ2v) is 7.46. The van der Waals surface area contributed by atoms with Crippen molar-refractivity contribution in [2.24, 2.45) is 0 Å². The van der Waals surface area contributed by atoms with Crippen LogP contribution in [0.3, 0.4) is 0 Å². The first-order valence-electron chi connectivity index (χ1n) is 7.27. The highest BCUT2D eigenvalue weighted by Gasteiger charge is 2.18. The number of carbonyl (C=O) groups is 2. The summed E-state index contributed by atoms with van der Waals surface area (Å²) in [5, 5.41) is 5.80. The van der Waals surface area contributed by atoms with Crippen LogP contribution in [0.4, 0.5) is 0 Å². The van der Waals surface area contributed by atoms with Gasteiger partial charge in [0.2, 0.25) is 0 Å². The van der Waals surface area contributed by atoms with E-state index < -0.39 is 0 Å². The van der Waals surface area contributed by atoms with E-state index in [1.807, 2.05) is 55.5 Å². The molecule has 2 amide bonds. The molecule has 1 unspecified atom stereocenters. The summed E-state index contributed by atoms with van der Waals surface area (Å²) in [5.41, 5.74) is 1.31. The summed E-state index contributed by atoms with van der Waals surface area (Å²) in [7, 11) is 2.97. The SMILES string of the molecule is CC1CNC(=O)c2ccccc2SSc2ccccc2C(=O)N1. The van der Waals surface area contributed by atoms with Gasteiger partial charge in [-0.1, -0.05) is 45.9 Å². The van der Waals surface area contributed by atoms with Crippen molar-refractivity contribution in [3.63, 3.8) is 0 Å². The minimum absolute atomic E-state index is 0.121. The smallest absolute Gasteiger partial charge is 0.252 e. The third kappa shape index (κ3) is 3.71. The van der Waals surface area contributed by atoms with Crippen LogP contribution in [0.2, 0.25) is 0 Å². The van der Waals surface area contributed by atoms with E-state index >= 15 is 0 Å². The van der Waals surface area contributed by atoms with E-state index in [0.717, 1.165) is 9.79 Å². The van der Waals surface area contributed by atoms with Gasteiger partial charge in [0.25, 0.3) is 11.8 Å². The van der Waals surface area contributed by atoms with Gasteiger partial charge in [-0.05, 0) is 31.2 Å². The average Bonchev–Trinajstić information content (AvgIpc) is 2.57. The van der Waals surface area contributed by atoms with Crippen molar-refractivity contribution in [2.45, 2.75) is 22.8 Å². The van der Waals surface area contributed by atoms with Gasteiger partial charge in [0.15, 0.2) is 0 Å². The Morgan fingerprint density at radius 3 is 2.00 bits per heavy atom. The molecule has 1 aliphatic rings. The number of hydrogen-bond donors (Lipinski definition) is 2. The fraction of sp³-hybridized carbons (Fsp3) is 0.176. The van der Waals surface area contributed by atoms with E-state index in [1.165, 1.54) is 21.6 Å². The summed E-state index contributed by atoms with van der Waals surface area (Å²) in [6, 6.07) is 14.9. The zero-order valence-electron chi connectivity index (χ0n) is 12.5. The molecule has 2 aromatic carbocycles. The van der Waals surface area contributed by atoms with Crippen molar-refractivity contribution in [1.82, 2.24) is 10.6 Å². The van der Waals surface area contributed by atoms with E-state index in [4.69, 9.17) is 0 Å². The molecule has 0 saturated carbocycles. The summed E-state index contributed by atoms with van der Waals surface area (Å²) in [6.07, 6.45) is 0. The zero-order chi connectivity index (χ0) is 16.2. The first-order valence-corrected chi connectivity index (χ1v) is 9.42. The van der Waals surface area contributed by atoms with Gasteiger partial charge in [-0.3, -0.25) is 9.59 Å². The van der Waals surface area contributed by atoms with Crippen LogP contribution in [-0.2, 0) is 0 Å². The minimum Gasteiger partial charge on any atom is -0.350 e. The topological polar surface area (TPSA) is 58.2 Å². The quantitative estimate of drug-likeness (QED) is 0.720. The fourth-order valence-corrected chi connectivity index (χ4v) is 4.60. The van der Waals surface area contributed by atoms with Gasteiger partial charge in [0, 0.05) is 22.4 Å². The van der Waals surface area contributed by atoms with Crippen molar-refractivity contribution in [3.8, 4) is 0 Å². The second kappa shape index (κ2) is 7.10. The number of amides is 2. The third-order valence-corrected chi connectivity index (χ3v) is 5.91. The molecule has 0 spiro atoms. The summed E-state index contributed by atoms with van der Waals surface area (Å²) in [5.74, 6) is -0.243. The lowest BCUT2D eigenvalue weighted by molar-refractivity contribution is 0.0909. The molecule has 2 aromatic rings. The normalized spacial score (nSPS) is 18.6. The third-order valence-electron chi connectivity index (χ3n) is 3.43. The Bertz CT molecular complexity index is 749. The number of fused-ring (bicyclic) bond motifs is 2. The first kappa shape index (κ1) is 16.0. The molecular weight excluding hydrogens is 328 g/mol. The Kier molecular flexibility index (Phi) is 4.93. The van der Waals surface area contributed by atoms with Crippen LogP contribution in [-0.4, -0.2) is 24.4 Å². The average molecular weight is 344 g/mol. The van der Waals surface area contributed by atoms with E-state index in [9.17, 15) is 9.59 Å². The Balaban J connectivity index is 1.99. The van der Waals surface area contributed by atoms with Crippen LogP contribution < -0.4 is 10.6 Å². The zero-order valence-corrected chi connectivity index (χ0v) is 14.2. The largest absolute Gasteiger partial charge is 0.350 e. The molecule has 0 aromatic heterocycles. The summed E-state index contributed by atoms with van der Waals surface area (Å²) in [6.45, 7) is 2.26. The van der Waals surface area contributed by atoms with Gasteiger partial charge < -0.3 is 10.6 Å². The molecule has 0 fully saturated rings. The molecule has 1 heterocycles.